The first kappa shape index (κ1) is 13.8. The Kier molecular flexibility index (Phi) is 5.52. The summed E-state index contributed by atoms with van der Waals surface area (Å²) < 4.78 is 5.30. The molecular weight excluding hydrogens is 230 g/mol. The van der Waals surface area contributed by atoms with Crippen molar-refractivity contribution in [2.24, 2.45) is 0 Å². The quantitative estimate of drug-likeness (QED) is 0.748. The zero-order chi connectivity index (χ0) is 13.4. The highest BCUT2D eigenvalue weighted by Gasteiger charge is 2.11. The van der Waals surface area contributed by atoms with Gasteiger partial charge in [-0.25, -0.2) is 0 Å². The Hall–Kier alpha value is -2.22. The van der Waals surface area contributed by atoms with Crippen LogP contribution in [0.15, 0.2) is 18.2 Å². The fourth-order valence-electron chi connectivity index (χ4n) is 1.73. The van der Waals surface area contributed by atoms with Crippen molar-refractivity contribution in [3.63, 3.8) is 0 Å². The molecule has 1 aromatic rings. The summed E-state index contributed by atoms with van der Waals surface area (Å²) in [5.74, 6) is 0.728. The molecule has 0 aliphatic rings. The molecule has 96 valence electrons. The minimum absolute atomic E-state index is 0.447. The maximum atomic E-state index is 10.5. The molecule has 0 bridgehead atoms. The second-order valence-corrected chi connectivity index (χ2v) is 3.64. The maximum absolute atomic E-state index is 10.5. The van der Waals surface area contributed by atoms with Crippen molar-refractivity contribution in [3.8, 4) is 11.8 Å². The molecule has 5 heteroatoms. The van der Waals surface area contributed by atoms with Crippen molar-refractivity contribution in [1.82, 2.24) is 0 Å². The lowest BCUT2D eigenvalue weighted by molar-refractivity contribution is -0.105. The molecule has 0 radical (unpaired) electrons. The average molecular weight is 247 g/mol. The molecule has 0 fully saturated rings. The SMILES string of the molecule is CCN(CCC#N)c1cc(NC=O)ccc1OC. The monoisotopic (exact) mass is 247 g/mol. The van der Waals surface area contributed by atoms with Gasteiger partial charge in [-0.15, -0.1) is 0 Å². The van der Waals surface area contributed by atoms with Crippen molar-refractivity contribution < 1.29 is 9.53 Å². The number of methoxy groups -OCH3 is 1. The lowest BCUT2D eigenvalue weighted by Crippen LogP contribution is -2.24. The van der Waals surface area contributed by atoms with E-state index < -0.39 is 0 Å². The van der Waals surface area contributed by atoms with Crippen LogP contribution in [0.5, 0.6) is 5.75 Å². The summed E-state index contributed by atoms with van der Waals surface area (Å²) in [6.07, 6.45) is 1.08. The van der Waals surface area contributed by atoms with Crippen molar-refractivity contribution in [2.45, 2.75) is 13.3 Å². The number of nitrogens with zero attached hydrogens (tertiary/aromatic N) is 2. The first-order valence-corrected chi connectivity index (χ1v) is 5.77. The summed E-state index contributed by atoms with van der Waals surface area (Å²) in [6, 6.07) is 7.54. The average Bonchev–Trinajstić information content (AvgIpc) is 2.40. The molecule has 0 aliphatic carbocycles. The molecule has 0 atom stereocenters. The van der Waals surface area contributed by atoms with E-state index in [2.05, 4.69) is 11.4 Å². The van der Waals surface area contributed by atoms with Gasteiger partial charge in [0.15, 0.2) is 0 Å². The number of benzene rings is 1. The molecule has 0 aliphatic heterocycles. The lowest BCUT2D eigenvalue weighted by Gasteiger charge is -2.24. The Balaban J connectivity index is 3.04. The van der Waals surface area contributed by atoms with E-state index in [9.17, 15) is 4.79 Å². The highest BCUT2D eigenvalue weighted by atomic mass is 16.5. The second-order valence-electron chi connectivity index (χ2n) is 3.64. The van der Waals surface area contributed by atoms with Crippen LogP contribution >= 0.6 is 0 Å². The van der Waals surface area contributed by atoms with Crippen LogP contribution in [0.2, 0.25) is 0 Å². The van der Waals surface area contributed by atoms with Gasteiger partial charge in [-0.1, -0.05) is 0 Å². The van der Waals surface area contributed by atoms with Crippen LogP contribution < -0.4 is 15.0 Å². The van der Waals surface area contributed by atoms with Gasteiger partial charge in [0, 0.05) is 18.8 Å². The van der Waals surface area contributed by atoms with Crippen LogP contribution in [0, 0.1) is 11.3 Å². The Morgan fingerprint density at radius 3 is 2.89 bits per heavy atom. The number of hydrogen-bond acceptors (Lipinski definition) is 4. The third kappa shape index (κ3) is 3.39. The largest absolute Gasteiger partial charge is 0.495 e. The van der Waals surface area contributed by atoms with Gasteiger partial charge in [-0.2, -0.15) is 5.26 Å². The molecule has 1 N–H and O–H groups in total. The van der Waals surface area contributed by atoms with Crippen molar-refractivity contribution >= 4 is 17.8 Å². The first-order valence-electron chi connectivity index (χ1n) is 5.77. The molecule has 1 amide bonds. The smallest absolute Gasteiger partial charge is 0.211 e. The zero-order valence-corrected chi connectivity index (χ0v) is 10.6. The molecule has 1 aromatic carbocycles. The topological polar surface area (TPSA) is 65.4 Å². The van der Waals surface area contributed by atoms with Crippen LogP contribution in [-0.2, 0) is 4.79 Å². The van der Waals surface area contributed by atoms with E-state index >= 15 is 0 Å². The highest BCUT2D eigenvalue weighted by molar-refractivity contribution is 5.76. The Morgan fingerprint density at radius 2 is 2.33 bits per heavy atom. The molecule has 0 heterocycles. The summed E-state index contributed by atoms with van der Waals surface area (Å²) in [4.78, 5) is 12.5. The number of carbonyl (C=O) groups is 1. The Morgan fingerprint density at radius 1 is 1.56 bits per heavy atom. The highest BCUT2D eigenvalue weighted by Crippen LogP contribution is 2.31. The van der Waals surface area contributed by atoms with Crippen LogP contribution in [0.1, 0.15) is 13.3 Å². The third-order valence-electron chi connectivity index (χ3n) is 2.62. The van der Waals surface area contributed by atoms with Gasteiger partial charge >= 0.3 is 0 Å². The minimum atomic E-state index is 0.447. The zero-order valence-electron chi connectivity index (χ0n) is 10.6. The van der Waals surface area contributed by atoms with E-state index in [1.165, 1.54) is 0 Å². The fourth-order valence-corrected chi connectivity index (χ4v) is 1.73. The maximum Gasteiger partial charge on any atom is 0.211 e. The third-order valence-corrected chi connectivity index (χ3v) is 2.62. The van der Waals surface area contributed by atoms with Crippen molar-refractivity contribution in [2.75, 3.05) is 30.4 Å². The van der Waals surface area contributed by atoms with Crippen molar-refractivity contribution in [3.05, 3.63) is 18.2 Å². The van der Waals surface area contributed by atoms with E-state index in [-0.39, 0.29) is 0 Å². The first-order chi connectivity index (χ1) is 8.76. The number of anilines is 2. The molecule has 5 nitrogen and oxygen atoms in total. The van der Waals surface area contributed by atoms with E-state index in [0.717, 1.165) is 18.0 Å². The fraction of sp³-hybridized carbons (Fsp3) is 0.385. The van der Waals surface area contributed by atoms with Gasteiger partial charge in [0.05, 0.1) is 25.3 Å². The summed E-state index contributed by atoms with van der Waals surface area (Å²) in [5.41, 5.74) is 1.58. The van der Waals surface area contributed by atoms with Crippen LogP contribution in [0.4, 0.5) is 11.4 Å². The van der Waals surface area contributed by atoms with Crippen LogP contribution in [0.3, 0.4) is 0 Å². The molecule has 0 saturated carbocycles. The summed E-state index contributed by atoms with van der Waals surface area (Å²) in [5, 5.41) is 11.3. The molecule has 18 heavy (non-hydrogen) atoms. The summed E-state index contributed by atoms with van der Waals surface area (Å²) in [6.45, 7) is 3.41. The number of amides is 1. The van der Waals surface area contributed by atoms with Gasteiger partial charge in [0.1, 0.15) is 5.75 Å². The molecule has 0 aromatic heterocycles. The summed E-state index contributed by atoms with van der Waals surface area (Å²) >= 11 is 0. The van der Waals surface area contributed by atoms with Crippen LogP contribution in [-0.4, -0.2) is 26.6 Å². The number of rotatable bonds is 7. The van der Waals surface area contributed by atoms with E-state index in [1.807, 2.05) is 17.9 Å². The number of ether oxygens (including phenoxy) is 1. The standard InChI is InChI=1S/C13H17N3O2/c1-3-16(8-4-7-14)12-9-11(15-10-17)5-6-13(12)18-2/h5-6,9-10H,3-4,8H2,1-2H3,(H,15,17). The van der Waals surface area contributed by atoms with Gasteiger partial charge in [-0.05, 0) is 25.1 Å². The minimum Gasteiger partial charge on any atom is -0.495 e. The number of carbonyl (C=O) groups excluding carboxylic acids is 1. The summed E-state index contributed by atoms with van der Waals surface area (Å²) in [7, 11) is 1.60. The molecule has 0 saturated heterocycles. The number of nitriles is 1. The predicted molar refractivity (Wildman–Crippen MR) is 70.8 cm³/mol. The van der Waals surface area contributed by atoms with Gasteiger partial charge in [0.2, 0.25) is 6.41 Å². The Bertz CT molecular complexity index is 440. The lowest BCUT2D eigenvalue weighted by atomic mass is 10.2. The van der Waals surface area contributed by atoms with E-state index in [0.29, 0.717) is 25.1 Å². The Labute approximate surface area is 107 Å². The second kappa shape index (κ2) is 7.17. The van der Waals surface area contributed by atoms with Crippen molar-refractivity contribution in [1.29, 1.82) is 5.26 Å². The molecule has 0 unspecified atom stereocenters. The van der Waals surface area contributed by atoms with Crippen LogP contribution in [0.25, 0.3) is 0 Å². The molecule has 0 spiro atoms. The molecule has 1 rings (SSSR count). The number of nitrogens with one attached hydrogen (secondary N) is 1. The van der Waals surface area contributed by atoms with E-state index in [4.69, 9.17) is 10.00 Å². The predicted octanol–water partition coefficient (Wildman–Crippen LogP) is 2.00. The van der Waals surface area contributed by atoms with Gasteiger partial charge in [-0.3, -0.25) is 4.79 Å². The number of hydrogen-bond donors (Lipinski definition) is 1. The van der Waals surface area contributed by atoms with Gasteiger partial charge in [0.25, 0.3) is 0 Å². The molecular formula is C13H17N3O2. The van der Waals surface area contributed by atoms with E-state index in [1.54, 1.807) is 19.2 Å². The normalized spacial score (nSPS) is 9.39. The van der Waals surface area contributed by atoms with Gasteiger partial charge < -0.3 is 15.0 Å².